The van der Waals surface area contributed by atoms with Crippen molar-refractivity contribution in [3.05, 3.63) is 35.9 Å². The molecule has 0 aromatic heterocycles. The number of carbonyl (C=O) groups is 1. The molecular weight excluding hydrogens is 214 g/mol. The van der Waals surface area contributed by atoms with Crippen LogP contribution in [-0.2, 0) is 10.3 Å². The number of rotatable bonds is 3. The molecule has 0 saturated heterocycles. The molecule has 1 atom stereocenters. The number of carboxylic acid groups (broad SMARTS) is 1. The van der Waals surface area contributed by atoms with Gasteiger partial charge >= 0.3 is 5.97 Å². The van der Waals surface area contributed by atoms with E-state index in [4.69, 9.17) is 5.11 Å². The van der Waals surface area contributed by atoms with Crippen molar-refractivity contribution in [3.63, 3.8) is 0 Å². The summed E-state index contributed by atoms with van der Waals surface area (Å²) in [4.78, 5) is 14.7. The van der Waals surface area contributed by atoms with Gasteiger partial charge in [-0.3, -0.25) is 0 Å². The molecule has 0 aliphatic rings. The van der Waals surface area contributed by atoms with E-state index >= 15 is 0 Å². The van der Waals surface area contributed by atoms with Gasteiger partial charge in [0.2, 0.25) is 0 Å². The molecule has 0 amide bonds. The largest absolute Gasteiger partial charge is 0.479 e. The Hall–Kier alpha value is -1.55. The van der Waals surface area contributed by atoms with Gasteiger partial charge in [0.1, 0.15) is 0 Å². The Morgan fingerprint density at radius 3 is 2.40 bits per heavy atom. The molecule has 0 spiro atoms. The minimum absolute atomic E-state index is 0. The quantitative estimate of drug-likeness (QED) is 0.621. The number of isothiocyanates is 1. The Morgan fingerprint density at radius 2 is 2.00 bits per heavy atom. The van der Waals surface area contributed by atoms with Crippen molar-refractivity contribution in [1.29, 1.82) is 0 Å². The van der Waals surface area contributed by atoms with Crippen LogP contribution in [-0.4, -0.2) is 21.7 Å². The van der Waals surface area contributed by atoms with Crippen LogP contribution in [0.15, 0.2) is 35.3 Å². The Bertz CT molecular complexity index is 383. The second-order valence-corrected chi connectivity index (χ2v) is 3.13. The lowest BCUT2D eigenvalue weighted by atomic mass is 9.93. The number of thiocarbonyl (C=S) groups is 1. The van der Waals surface area contributed by atoms with Crippen molar-refractivity contribution in [3.8, 4) is 0 Å². The van der Waals surface area contributed by atoms with Crippen molar-refractivity contribution in [1.82, 2.24) is 0 Å². The van der Waals surface area contributed by atoms with E-state index in [1.54, 1.807) is 24.3 Å². The van der Waals surface area contributed by atoms with E-state index in [0.29, 0.717) is 5.56 Å². The topological polar surface area (TPSA) is 81.2 Å². The fraction of sp³-hybridized carbons (Fsp3) is 0.200. The first kappa shape index (κ1) is 13.4. The van der Waals surface area contributed by atoms with E-state index in [1.165, 1.54) is 6.92 Å². The van der Waals surface area contributed by atoms with Crippen LogP contribution in [0.1, 0.15) is 12.5 Å². The van der Waals surface area contributed by atoms with Crippen LogP contribution >= 0.6 is 12.2 Å². The second-order valence-electron chi connectivity index (χ2n) is 2.95. The van der Waals surface area contributed by atoms with Crippen LogP contribution < -0.4 is 0 Å². The maximum Gasteiger partial charge on any atom is 0.336 e. The predicted octanol–water partition coefficient (Wildman–Crippen LogP) is 1.26. The highest BCUT2D eigenvalue weighted by Gasteiger charge is 2.34. The van der Waals surface area contributed by atoms with Crippen molar-refractivity contribution in [2.75, 3.05) is 0 Å². The van der Waals surface area contributed by atoms with E-state index in [1.807, 2.05) is 6.07 Å². The van der Waals surface area contributed by atoms with Gasteiger partial charge in [-0.25, -0.2) is 9.79 Å². The van der Waals surface area contributed by atoms with Crippen molar-refractivity contribution >= 4 is 23.3 Å². The van der Waals surface area contributed by atoms with Gasteiger partial charge in [0, 0.05) is 0 Å². The summed E-state index contributed by atoms with van der Waals surface area (Å²) >= 11 is 4.44. The summed E-state index contributed by atoms with van der Waals surface area (Å²) in [7, 11) is 0. The number of carboxylic acids is 1. The van der Waals surface area contributed by atoms with Gasteiger partial charge in [0.15, 0.2) is 5.54 Å². The minimum Gasteiger partial charge on any atom is -0.479 e. The molecule has 80 valence electrons. The maximum absolute atomic E-state index is 11.0. The summed E-state index contributed by atoms with van der Waals surface area (Å²) in [6.45, 7) is 1.49. The summed E-state index contributed by atoms with van der Waals surface area (Å²) in [5.41, 5.74) is -0.743. The smallest absolute Gasteiger partial charge is 0.336 e. The number of aliphatic imine (C=N–C) groups is 1. The highest BCUT2D eigenvalue weighted by atomic mass is 32.1. The first-order valence-electron chi connectivity index (χ1n) is 3.99. The Kier molecular flexibility index (Phi) is 4.81. The number of hydrogen-bond acceptors (Lipinski definition) is 3. The van der Waals surface area contributed by atoms with Gasteiger partial charge < -0.3 is 10.6 Å². The van der Waals surface area contributed by atoms with Gasteiger partial charge in [-0.05, 0) is 24.7 Å². The first-order chi connectivity index (χ1) is 6.61. The molecule has 0 saturated carbocycles. The Morgan fingerprint density at radius 1 is 1.47 bits per heavy atom. The van der Waals surface area contributed by atoms with Crippen molar-refractivity contribution < 1.29 is 15.4 Å². The maximum atomic E-state index is 11.0. The third-order valence-corrected chi connectivity index (χ3v) is 2.11. The molecule has 0 bridgehead atoms. The zero-order valence-electron chi connectivity index (χ0n) is 8.10. The molecule has 1 aromatic carbocycles. The summed E-state index contributed by atoms with van der Waals surface area (Å²) in [6, 6.07) is 8.73. The number of benzene rings is 1. The molecule has 1 unspecified atom stereocenters. The fourth-order valence-electron chi connectivity index (χ4n) is 1.09. The predicted molar refractivity (Wildman–Crippen MR) is 60.1 cm³/mol. The van der Waals surface area contributed by atoms with Crippen molar-refractivity contribution in [2.45, 2.75) is 12.5 Å². The zero-order chi connectivity index (χ0) is 10.6. The molecule has 0 aliphatic carbocycles. The van der Waals surface area contributed by atoms with Crippen LogP contribution in [0.4, 0.5) is 0 Å². The highest BCUT2D eigenvalue weighted by Crippen LogP contribution is 2.24. The lowest BCUT2D eigenvalue weighted by Gasteiger charge is -2.18. The third kappa shape index (κ3) is 2.70. The van der Waals surface area contributed by atoms with Crippen molar-refractivity contribution in [2.24, 2.45) is 4.99 Å². The first-order valence-corrected chi connectivity index (χ1v) is 4.40. The minimum atomic E-state index is -1.33. The van der Waals surface area contributed by atoms with Crippen LogP contribution in [0, 0.1) is 0 Å². The lowest BCUT2D eigenvalue weighted by Crippen LogP contribution is -2.29. The molecule has 0 aliphatic heterocycles. The zero-order valence-corrected chi connectivity index (χ0v) is 8.91. The number of aliphatic carboxylic acids is 1. The van der Waals surface area contributed by atoms with E-state index in [2.05, 4.69) is 22.4 Å². The summed E-state index contributed by atoms with van der Waals surface area (Å²) in [5, 5.41) is 11.2. The standard InChI is InChI=1S/C10H9NO2S.H2O/c1-10(9(12)13,11-7-14)8-5-3-2-4-6-8;/h2-6H,1H3,(H,12,13);1H2. The van der Waals surface area contributed by atoms with Crippen LogP contribution in [0.3, 0.4) is 0 Å². The normalized spacial score (nSPS) is 12.9. The molecule has 1 aromatic rings. The van der Waals surface area contributed by atoms with Gasteiger partial charge in [0.05, 0.1) is 5.16 Å². The van der Waals surface area contributed by atoms with Crippen LogP contribution in [0.5, 0.6) is 0 Å². The number of hydrogen-bond donors (Lipinski definition) is 1. The molecular formula is C10H11NO3S. The molecule has 5 heteroatoms. The highest BCUT2D eigenvalue weighted by molar-refractivity contribution is 7.78. The van der Waals surface area contributed by atoms with Crippen LogP contribution in [0.2, 0.25) is 0 Å². The van der Waals surface area contributed by atoms with Gasteiger partial charge in [-0.1, -0.05) is 30.3 Å². The van der Waals surface area contributed by atoms with Gasteiger partial charge in [0.25, 0.3) is 0 Å². The fourth-order valence-corrected chi connectivity index (χ4v) is 1.27. The Labute approximate surface area is 92.6 Å². The van der Waals surface area contributed by atoms with Crippen LogP contribution in [0.25, 0.3) is 0 Å². The molecule has 3 N–H and O–H groups in total. The average Bonchev–Trinajstić information content (AvgIpc) is 2.19. The SMILES string of the molecule is CC(N=C=S)(C(=O)O)c1ccccc1.O. The third-order valence-electron chi connectivity index (χ3n) is 2.02. The van der Waals surface area contributed by atoms with Gasteiger partial charge in [-0.15, -0.1) is 0 Å². The average molecular weight is 225 g/mol. The van der Waals surface area contributed by atoms with E-state index < -0.39 is 11.5 Å². The lowest BCUT2D eigenvalue weighted by molar-refractivity contribution is -0.142. The summed E-state index contributed by atoms with van der Waals surface area (Å²) in [5.74, 6) is -1.04. The van der Waals surface area contributed by atoms with E-state index in [-0.39, 0.29) is 5.48 Å². The molecule has 15 heavy (non-hydrogen) atoms. The van der Waals surface area contributed by atoms with E-state index in [9.17, 15) is 4.79 Å². The monoisotopic (exact) mass is 225 g/mol. The molecule has 1 rings (SSSR count). The van der Waals surface area contributed by atoms with E-state index in [0.717, 1.165) is 0 Å². The number of nitrogens with zero attached hydrogens (tertiary/aromatic N) is 1. The molecule has 4 nitrogen and oxygen atoms in total. The summed E-state index contributed by atoms with van der Waals surface area (Å²) < 4.78 is 0. The molecule has 0 fully saturated rings. The van der Waals surface area contributed by atoms with Gasteiger partial charge in [-0.2, -0.15) is 0 Å². The molecule has 0 radical (unpaired) electrons. The second kappa shape index (κ2) is 5.36. The molecule has 0 heterocycles. The Balaban J connectivity index is 0.00000196. The summed E-state index contributed by atoms with van der Waals surface area (Å²) in [6.07, 6.45) is 0.